The summed E-state index contributed by atoms with van der Waals surface area (Å²) in [4.78, 5) is 10.5. The van der Waals surface area contributed by atoms with Gasteiger partial charge in [-0.15, -0.1) is 5.10 Å². The molecule has 2 atom stereocenters. The first-order valence-corrected chi connectivity index (χ1v) is 5.90. The van der Waals surface area contributed by atoms with Crippen LogP contribution in [0.3, 0.4) is 0 Å². The zero-order valence-corrected chi connectivity index (χ0v) is 11.0. The van der Waals surface area contributed by atoms with E-state index in [1.165, 1.54) is 10.9 Å². The maximum atomic E-state index is 10.5. The maximum Gasteiger partial charge on any atom is 0.309 e. The number of hydrogen-bond donors (Lipinski definition) is 2. The highest BCUT2D eigenvalue weighted by atomic mass is 16.5. The molecule has 0 bridgehead atoms. The molecule has 0 saturated carbocycles. The number of aliphatic carboxylic acids is 1. The standard InChI is InChI=1S/C11H19N3O5/c1-8(6-18-2)19-7-10(15)5-14-4-9(12-13-14)3-11(16)17/h4,8,10,15H,3,5-7H2,1-2H3,(H,16,17). The summed E-state index contributed by atoms with van der Waals surface area (Å²) in [6, 6.07) is 0. The zero-order valence-electron chi connectivity index (χ0n) is 11.0. The highest BCUT2D eigenvalue weighted by Gasteiger charge is 2.11. The second-order valence-electron chi connectivity index (χ2n) is 4.26. The first-order valence-electron chi connectivity index (χ1n) is 5.90. The Kier molecular flexibility index (Phi) is 6.40. The second-order valence-corrected chi connectivity index (χ2v) is 4.26. The first kappa shape index (κ1) is 15.5. The third-order valence-corrected chi connectivity index (χ3v) is 2.29. The van der Waals surface area contributed by atoms with Crippen molar-refractivity contribution in [3.05, 3.63) is 11.9 Å². The van der Waals surface area contributed by atoms with E-state index >= 15 is 0 Å². The molecule has 0 aliphatic heterocycles. The third kappa shape index (κ3) is 6.27. The predicted molar refractivity (Wildman–Crippen MR) is 64.7 cm³/mol. The molecule has 0 spiro atoms. The van der Waals surface area contributed by atoms with E-state index < -0.39 is 12.1 Å². The number of aliphatic hydroxyl groups excluding tert-OH is 1. The molecular weight excluding hydrogens is 254 g/mol. The van der Waals surface area contributed by atoms with Crippen molar-refractivity contribution in [2.24, 2.45) is 0 Å². The molecule has 0 saturated heterocycles. The zero-order chi connectivity index (χ0) is 14.3. The lowest BCUT2D eigenvalue weighted by Crippen LogP contribution is -2.26. The van der Waals surface area contributed by atoms with Gasteiger partial charge in [0.1, 0.15) is 0 Å². The van der Waals surface area contributed by atoms with Gasteiger partial charge in [-0.3, -0.25) is 4.79 Å². The predicted octanol–water partition coefficient (Wildman–Crippen LogP) is -0.682. The Morgan fingerprint density at radius 2 is 2.26 bits per heavy atom. The van der Waals surface area contributed by atoms with Gasteiger partial charge in [0, 0.05) is 13.3 Å². The highest BCUT2D eigenvalue weighted by Crippen LogP contribution is 1.99. The number of carboxylic acid groups (broad SMARTS) is 1. The summed E-state index contributed by atoms with van der Waals surface area (Å²) in [5.41, 5.74) is 0.355. The Hall–Kier alpha value is -1.51. The van der Waals surface area contributed by atoms with Crippen LogP contribution in [0.15, 0.2) is 6.20 Å². The average molecular weight is 273 g/mol. The van der Waals surface area contributed by atoms with Crippen LogP contribution >= 0.6 is 0 Å². The molecule has 0 aromatic carbocycles. The fourth-order valence-electron chi connectivity index (χ4n) is 1.49. The van der Waals surface area contributed by atoms with Crippen LogP contribution in [0.2, 0.25) is 0 Å². The van der Waals surface area contributed by atoms with Crippen LogP contribution in [-0.2, 0) is 27.2 Å². The van der Waals surface area contributed by atoms with Gasteiger partial charge in [-0.25, -0.2) is 4.68 Å². The van der Waals surface area contributed by atoms with E-state index in [4.69, 9.17) is 14.6 Å². The molecule has 1 rings (SSSR count). The van der Waals surface area contributed by atoms with Gasteiger partial charge in [0.25, 0.3) is 0 Å². The smallest absolute Gasteiger partial charge is 0.309 e. The summed E-state index contributed by atoms with van der Waals surface area (Å²) in [5, 5.41) is 25.8. The van der Waals surface area contributed by atoms with Crippen molar-refractivity contribution in [2.75, 3.05) is 20.3 Å². The fourth-order valence-corrected chi connectivity index (χ4v) is 1.49. The van der Waals surface area contributed by atoms with E-state index in [-0.39, 0.29) is 25.7 Å². The number of hydrogen-bond acceptors (Lipinski definition) is 6. The van der Waals surface area contributed by atoms with E-state index in [1.807, 2.05) is 6.92 Å². The summed E-state index contributed by atoms with van der Waals surface area (Å²) in [7, 11) is 1.58. The Morgan fingerprint density at radius 3 is 2.89 bits per heavy atom. The van der Waals surface area contributed by atoms with Crippen molar-refractivity contribution in [2.45, 2.75) is 32.1 Å². The molecule has 108 valence electrons. The summed E-state index contributed by atoms with van der Waals surface area (Å²) in [6.07, 6.45) is 0.476. The summed E-state index contributed by atoms with van der Waals surface area (Å²) in [5.74, 6) is -0.968. The Labute approximate surface area is 110 Å². The maximum absolute atomic E-state index is 10.5. The van der Waals surface area contributed by atoms with Crippen LogP contribution in [0.1, 0.15) is 12.6 Å². The van der Waals surface area contributed by atoms with E-state index in [1.54, 1.807) is 7.11 Å². The molecule has 0 fully saturated rings. The van der Waals surface area contributed by atoms with Crippen LogP contribution in [0, 0.1) is 0 Å². The van der Waals surface area contributed by atoms with Gasteiger partial charge in [0.05, 0.1) is 44.1 Å². The molecule has 0 amide bonds. The van der Waals surface area contributed by atoms with Crippen LogP contribution in [0.5, 0.6) is 0 Å². The van der Waals surface area contributed by atoms with Gasteiger partial charge in [0.15, 0.2) is 0 Å². The molecular formula is C11H19N3O5. The number of aromatic nitrogens is 3. The largest absolute Gasteiger partial charge is 0.481 e. The van der Waals surface area contributed by atoms with E-state index in [0.29, 0.717) is 12.3 Å². The number of ether oxygens (including phenoxy) is 2. The van der Waals surface area contributed by atoms with Crippen molar-refractivity contribution in [1.29, 1.82) is 0 Å². The summed E-state index contributed by atoms with van der Waals surface area (Å²) < 4.78 is 11.7. The lowest BCUT2D eigenvalue weighted by molar-refractivity contribution is -0.136. The van der Waals surface area contributed by atoms with Crippen molar-refractivity contribution in [3.8, 4) is 0 Å². The van der Waals surface area contributed by atoms with Crippen molar-refractivity contribution < 1.29 is 24.5 Å². The molecule has 0 aliphatic carbocycles. The van der Waals surface area contributed by atoms with Gasteiger partial charge < -0.3 is 19.7 Å². The van der Waals surface area contributed by atoms with E-state index in [9.17, 15) is 9.90 Å². The number of carbonyl (C=O) groups is 1. The fraction of sp³-hybridized carbons (Fsp3) is 0.727. The number of aliphatic hydroxyl groups is 1. The van der Waals surface area contributed by atoms with Crippen LogP contribution in [0.4, 0.5) is 0 Å². The highest BCUT2D eigenvalue weighted by molar-refractivity contribution is 5.69. The summed E-state index contributed by atoms with van der Waals surface area (Å²) in [6.45, 7) is 2.65. The minimum absolute atomic E-state index is 0.0991. The minimum Gasteiger partial charge on any atom is -0.481 e. The molecule has 1 aromatic heterocycles. The molecule has 1 heterocycles. The SMILES string of the molecule is COCC(C)OCC(O)Cn1cc(CC(=O)O)nn1. The van der Waals surface area contributed by atoms with Crippen molar-refractivity contribution in [1.82, 2.24) is 15.0 Å². The Morgan fingerprint density at radius 1 is 1.53 bits per heavy atom. The van der Waals surface area contributed by atoms with Gasteiger partial charge in [-0.2, -0.15) is 0 Å². The van der Waals surface area contributed by atoms with Crippen molar-refractivity contribution in [3.63, 3.8) is 0 Å². The molecule has 1 aromatic rings. The van der Waals surface area contributed by atoms with Crippen LogP contribution in [0.25, 0.3) is 0 Å². The number of rotatable bonds is 9. The van der Waals surface area contributed by atoms with Gasteiger partial charge in [-0.1, -0.05) is 5.21 Å². The van der Waals surface area contributed by atoms with E-state index in [2.05, 4.69) is 10.3 Å². The molecule has 19 heavy (non-hydrogen) atoms. The number of nitrogens with zero attached hydrogens (tertiary/aromatic N) is 3. The van der Waals surface area contributed by atoms with Gasteiger partial charge in [0.2, 0.25) is 0 Å². The quantitative estimate of drug-likeness (QED) is 0.613. The first-order chi connectivity index (χ1) is 9.01. The second kappa shape index (κ2) is 7.82. The third-order valence-electron chi connectivity index (χ3n) is 2.29. The molecule has 2 N–H and O–H groups in total. The lowest BCUT2D eigenvalue weighted by Gasteiger charge is -2.15. The molecule has 0 radical (unpaired) electrons. The number of carboxylic acids is 1. The molecule has 2 unspecified atom stereocenters. The average Bonchev–Trinajstić information content (AvgIpc) is 2.73. The molecule has 8 nitrogen and oxygen atoms in total. The summed E-state index contributed by atoms with van der Waals surface area (Å²) >= 11 is 0. The lowest BCUT2D eigenvalue weighted by atomic mass is 10.3. The molecule has 8 heteroatoms. The van der Waals surface area contributed by atoms with Crippen molar-refractivity contribution >= 4 is 5.97 Å². The number of methoxy groups -OCH3 is 1. The normalized spacial score (nSPS) is 14.3. The monoisotopic (exact) mass is 273 g/mol. The Bertz CT molecular complexity index is 395. The minimum atomic E-state index is -0.968. The van der Waals surface area contributed by atoms with Crippen LogP contribution < -0.4 is 0 Å². The van der Waals surface area contributed by atoms with Gasteiger partial charge >= 0.3 is 5.97 Å². The van der Waals surface area contributed by atoms with E-state index in [0.717, 1.165) is 0 Å². The van der Waals surface area contributed by atoms with Gasteiger partial charge in [-0.05, 0) is 6.92 Å². The Balaban J connectivity index is 2.33. The van der Waals surface area contributed by atoms with Crippen LogP contribution in [-0.4, -0.2) is 63.7 Å². The topological polar surface area (TPSA) is 107 Å². The molecule has 0 aliphatic rings.